The summed E-state index contributed by atoms with van der Waals surface area (Å²) in [6, 6.07) is 5.86. The van der Waals surface area contributed by atoms with Crippen LogP contribution < -0.4 is 10.1 Å². The fraction of sp³-hybridized carbons (Fsp3) is 0.500. The van der Waals surface area contributed by atoms with Gasteiger partial charge in [-0.15, -0.1) is 0 Å². The summed E-state index contributed by atoms with van der Waals surface area (Å²) in [4.78, 5) is 20.3. The van der Waals surface area contributed by atoms with Crippen LogP contribution in [0, 0.1) is 6.92 Å². The molecule has 1 aromatic heterocycles. The number of rotatable bonds is 12. The van der Waals surface area contributed by atoms with Gasteiger partial charge in [-0.3, -0.25) is 4.79 Å². The number of benzene rings is 1. The van der Waals surface area contributed by atoms with E-state index in [2.05, 4.69) is 38.1 Å². The summed E-state index contributed by atoms with van der Waals surface area (Å²) in [6.07, 6.45) is 13.7. The van der Waals surface area contributed by atoms with Gasteiger partial charge in [0.25, 0.3) is 0 Å². The van der Waals surface area contributed by atoms with Gasteiger partial charge in [-0.2, -0.15) is 0 Å². The minimum Gasteiger partial charge on any atom is -0.424 e. The number of amides is 1. The van der Waals surface area contributed by atoms with E-state index in [1.165, 1.54) is 38.5 Å². The van der Waals surface area contributed by atoms with E-state index in [4.69, 9.17) is 4.74 Å². The summed E-state index contributed by atoms with van der Waals surface area (Å²) in [5.41, 5.74) is 1.70. The quantitative estimate of drug-likeness (QED) is 0.362. The van der Waals surface area contributed by atoms with Crippen LogP contribution in [0.15, 0.2) is 35.1 Å². The van der Waals surface area contributed by atoms with Crippen molar-refractivity contribution in [2.45, 2.75) is 71.6 Å². The number of nitrogens with one attached hydrogen (secondary N) is 1. The van der Waals surface area contributed by atoms with Crippen LogP contribution in [0.25, 0.3) is 0 Å². The third kappa shape index (κ3) is 8.38. The van der Waals surface area contributed by atoms with Crippen molar-refractivity contribution in [3.8, 4) is 11.8 Å². The molecule has 28 heavy (non-hydrogen) atoms. The number of halogens is 1. The third-order valence-electron chi connectivity index (χ3n) is 4.51. The molecule has 1 amide bonds. The molecule has 0 aliphatic rings. The second-order valence-electron chi connectivity index (χ2n) is 7.04. The Morgan fingerprint density at radius 1 is 1.04 bits per heavy atom. The maximum atomic E-state index is 12.1. The lowest BCUT2D eigenvalue weighted by molar-refractivity contribution is -0.116. The summed E-state index contributed by atoms with van der Waals surface area (Å²) in [7, 11) is 0. The van der Waals surface area contributed by atoms with Gasteiger partial charge in [0, 0.05) is 24.5 Å². The van der Waals surface area contributed by atoms with Crippen molar-refractivity contribution < 1.29 is 9.53 Å². The van der Waals surface area contributed by atoms with Crippen molar-refractivity contribution in [3.63, 3.8) is 0 Å². The van der Waals surface area contributed by atoms with Crippen molar-refractivity contribution in [1.82, 2.24) is 9.97 Å². The van der Waals surface area contributed by atoms with Crippen molar-refractivity contribution in [1.29, 1.82) is 0 Å². The predicted molar refractivity (Wildman–Crippen MR) is 117 cm³/mol. The van der Waals surface area contributed by atoms with Gasteiger partial charge in [0.2, 0.25) is 5.91 Å². The minimum atomic E-state index is 0.0651. The Kier molecular flexibility index (Phi) is 9.97. The lowest BCUT2D eigenvalue weighted by Crippen LogP contribution is -2.11. The van der Waals surface area contributed by atoms with Gasteiger partial charge < -0.3 is 10.1 Å². The summed E-state index contributed by atoms with van der Waals surface area (Å²) < 4.78 is 6.49. The minimum absolute atomic E-state index is 0.0651. The van der Waals surface area contributed by atoms with E-state index in [0.29, 0.717) is 12.2 Å². The first-order chi connectivity index (χ1) is 13.6. The molecule has 0 unspecified atom stereocenters. The van der Waals surface area contributed by atoms with Crippen molar-refractivity contribution in [3.05, 3.63) is 40.6 Å². The molecule has 0 saturated carbocycles. The first-order valence-electron chi connectivity index (χ1n) is 10.1. The number of hydrogen-bond donors (Lipinski definition) is 1. The zero-order valence-electron chi connectivity index (χ0n) is 16.8. The first kappa shape index (κ1) is 22.3. The molecular formula is C22H30BrN3O2. The van der Waals surface area contributed by atoms with Gasteiger partial charge in [-0.1, -0.05) is 51.9 Å². The highest BCUT2D eigenvalue weighted by Crippen LogP contribution is 2.26. The van der Waals surface area contributed by atoms with Crippen LogP contribution in [-0.4, -0.2) is 15.9 Å². The standard InChI is InChI=1S/C22H30BrN3O2/c1-3-4-5-6-7-8-9-10-11-21(27)26-19-12-13-20(17(2)14-19)28-22-24-15-18(23)16-25-22/h12-16H,3-11H2,1-2H3,(H,26,27). The van der Waals surface area contributed by atoms with E-state index in [0.717, 1.165) is 28.6 Å². The van der Waals surface area contributed by atoms with Crippen molar-refractivity contribution in [2.24, 2.45) is 0 Å². The fourth-order valence-electron chi connectivity index (χ4n) is 2.94. The Morgan fingerprint density at radius 2 is 1.68 bits per heavy atom. The summed E-state index contributed by atoms with van der Waals surface area (Å²) in [5, 5.41) is 2.97. The molecule has 1 aromatic carbocycles. The maximum Gasteiger partial charge on any atom is 0.321 e. The number of nitrogens with zero attached hydrogens (tertiary/aromatic N) is 2. The van der Waals surface area contributed by atoms with E-state index < -0.39 is 0 Å². The van der Waals surface area contributed by atoms with Crippen molar-refractivity contribution in [2.75, 3.05) is 5.32 Å². The number of hydrogen-bond acceptors (Lipinski definition) is 4. The summed E-state index contributed by atoms with van der Waals surface area (Å²) in [6.45, 7) is 4.17. The van der Waals surface area contributed by atoms with Crippen molar-refractivity contribution >= 4 is 27.5 Å². The Labute approximate surface area is 176 Å². The molecule has 0 fully saturated rings. The van der Waals surface area contributed by atoms with Gasteiger partial charge in [-0.25, -0.2) is 9.97 Å². The van der Waals surface area contributed by atoms with Gasteiger partial charge in [0.15, 0.2) is 0 Å². The molecule has 2 aromatic rings. The Hall–Kier alpha value is -1.95. The molecule has 0 bridgehead atoms. The van der Waals surface area contributed by atoms with Gasteiger partial charge in [0.05, 0.1) is 4.47 Å². The lowest BCUT2D eigenvalue weighted by atomic mass is 10.1. The second kappa shape index (κ2) is 12.5. The van der Waals surface area contributed by atoms with E-state index in [1.54, 1.807) is 12.4 Å². The zero-order chi connectivity index (χ0) is 20.2. The molecule has 1 N–H and O–H groups in total. The molecule has 6 heteroatoms. The summed E-state index contributed by atoms with van der Waals surface area (Å²) in [5.74, 6) is 0.735. The molecule has 0 aliphatic carbocycles. The topological polar surface area (TPSA) is 64.1 Å². The Balaban J connectivity index is 1.71. The summed E-state index contributed by atoms with van der Waals surface area (Å²) >= 11 is 3.30. The molecule has 0 radical (unpaired) electrons. The first-order valence-corrected chi connectivity index (χ1v) is 10.9. The number of ether oxygens (including phenoxy) is 1. The normalized spacial score (nSPS) is 10.7. The van der Waals surface area contributed by atoms with Crippen LogP contribution in [0.3, 0.4) is 0 Å². The predicted octanol–water partition coefficient (Wildman–Crippen LogP) is 6.81. The van der Waals surface area contributed by atoms with Gasteiger partial charge >= 0.3 is 6.01 Å². The van der Waals surface area contributed by atoms with E-state index in [1.807, 2.05) is 25.1 Å². The van der Waals surface area contributed by atoms with Gasteiger partial charge in [0.1, 0.15) is 5.75 Å². The highest BCUT2D eigenvalue weighted by atomic mass is 79.9. The number of aryl methyl sites for hydroxylation is 1. The molecule has 0 atom stereocenters. The second-order valence-corrected chi connectivity index (χ2v) is 7.95. The molecule has 152 valence electrons. The Morgan fingerprint density at radius 3 is 2.32 bits per heavy atom. The van der Waals surface area contributed by atoms with Gasteiger partial charge in [-0.05, 0) is 53.0 Å². The molecule has 2 rings (SSSR count). The third-order valence-corrected chi connectivity index (χ3v) is 4.92. The highest BCUT2D eigenvalue weighted by molar-refractivity contribution is 9.10. The zero-order valence-corrected chi connectivity index (χ0v) is 18.4. The van der Waals surface area contributed by atoms with Crippen LogP contribution in [0.4, 0.5) is 5.69 Å². The highest BCUT2D eigenvalue weighted by Gasteiger charge is 2.07. The van der Waals surface area contributed by atoms with Crippen LogP contribution in [0.1, 0.15) is 70.3 Å². The van der Waals surface area contributed by atoms with Crippen LogP contribution in [0.2, 0.25) is 0 Å². The van der Waals surface area contributed by atoms with E-state index >= 15 is 0 Å². The van der Waals surface area contributed by atoms with E-state index in [-0.39, 0.29) is 11.9 Å². The number of carbonyl (C=O) groups is 1. The number of carbonyl (C=O) groups excluding carboxylic acids is 1. The maximum absolute atomic E-state index is 12.1. The average molecular weight is 448 g/mol. The molecule has 0 aliphatic heterocycles. The van der Waals surface area contributed by atoms with Crippen LogP contribution in [-0.2, 0) is 4.79 Å². The van der Waals surface area contributed by atoms with Crippen LogP contribution >= 0.6 is 15.9 Å². The number of anilines is 1. The largest absolute Gasteiger partial charge is 0.424 e. The molecule has 0 saturated heterocycles. The Bertz CT molecular complexity index is 735. The molecular weight excluding hydrogens is 418 g/mol. The fourth-order valence-corrected chi connectivity index (χ4v) is 3.14. The molecule has 1 heterocycles. The van der Waals surface area contributed by atoms with E-state index in [9.17, 15) is 4.79 Å². The SMILES string of the molecule is CCCCCCCCCCC(=O)Nc1ccc(Oc2ncc(Br)cn2)c(C)c1. The molecule has 0 spiro atoms. The smallest absolute Gasteiger partial charge is 0.321 e. The lowest BCUT2D eigenvalue weighted by Gasteiger charge is -2.10. The number of aromatic nitrogens is 2. The average Bonchev–Trinajstić information content (AvgIpc) is 2.68. The van der Waals surface area contributed by atoms with Crippen LogP contribution in [0.5, 0.6) is 11.8 Å². The molecule has 5 nitrogen and oxygen atoms in total. The monoisotopic (exact) mass is 447 g/mol. The number of unbranched alkanes of at least 4 members (excludes halogenated alkanes) is 7.